The second-order valence-corrected chi connectivity index (χ2v) is 6.10. The van der Waals surface area contributed by atoms with Crippen LogP contribution in [0.15, 0.2) is 4.34 Å². The van der Waals surface area contributed by atoms with E-state index in [0.29, 0.717) is 6.42 Å². The third-order valence-corrected chi connectivity index (χ3v) is 4.65. The fraction of sp³-hybridized carbons (Fsp3) is 0.727. The molecule has 18 heavy (non-hydrogen) atoms. The largest absolute Gasteiger partial charge is 0.468 e. The van der Waals surface area contributed by atoms with Crippen LogP contribution in [0, 0.1) is 0 Å². The molecule has 0 aliphatic rings. The Morgan fingerprint density at radius 2 is 2.33 bits per heavy atom. The fourth-order valence-corrected chi connectivity index (χ4v) is 3.26. The molecule has 1 aromatic heterocycles. The first kappa shape index (κ1) is 15.4. The highest BCUT2D eigenvalue weighted by Crippen LogP contribution is 2.24. The molecule has 1 rings (SSSR count). The normalized spacial score (nSPS) is 14.2. The molecule has 1 heterocycles. The highest BCUT2D eigenvalue weighted by Gasteiger charge is 2.32. The summed E-state index contributed by atoms with van der Waals surface area (Å²) in [6, 6.07) is 0. The van der Waals surface area contributed by atoms with Crippen molar-refractivity contribution in [2.75, 3.05) is 19.9 Å². The van der Waals surface area contributed by atoms with Crippen molar-refractivity contribution in [3.05, 3.63) is 5.82 Å². The first-order valence-corrected chi connectivity index (χ1v) is 7.54. The van der Waals surface area contributed by atoms with Crippen LogP contribution in [0.4, 0.5) is 0 Å². The van der Waals surface area contributed by atoms with Crippen LogP contribution in [-0.2, 0) is 16.0 Å². The molecule has 1 aromatic rings. The number of aromatic nitrogens is 2. The third kappa shape index (κ3) is 3.93. The second kappa shape index (κ2) is 7.06. The minimum absolute atomic E-state index is 0.239. The Hall–Kier alpha value is -0.660. The first-order valence-electron chi connectivity index (χ1n) is 5.78. The Kier molecular flexibility index (Phi) is 6.04. The quantitative estimate of drug-likeness (QED) is 0.609. The predicted octanol–water partition coefficient (Wildman–Crippen LogP) is 1.73. The van der Waals surface area contributed by atoms with Gasteiger partial charge in [-0.1, -0.05) is 18.7 Å². The number of thioether (sulfide) groups is 1. The van der Waals surface area contributed by atoms with Gasteiger partial charge in [0.15, 0.2) is 4.34 Å². The standard InChI is InChI=1S/C11H19N3O2S2/c1-5-8-13-10(18-14-8)17-7-6-11(2,12-3)9(15)16-4/h12H,5-7H2,1-4H3. The van der Waals surface area contributed by atoms with Crippen LogP contribution in [0.5, 0.6) is 0 Å². The van der Waals surface area contributed by atoms with Crippen LogP contribution in [0.25, 0.3) is 0 Å². The van der Waals surface area contributed by atoms with Crippen LogP contribution < -0.4 is 5.32 Å². The molecule has 1 unspecified atom stereocenters. The van der Waals surface area contributed by atoms with Crippen molar-refractivity contribution in [3.63, 3.8) is 0 Å². The molecule has 5 nitrogen and oxygen atoms in total. The molecule has 1 N–H and O–H groups in total. The van der Waals surface area contributed by atoms with Gasteiger partial charge in [-0.3, -0.25) is 4.79 Å². The second-order valence-electron chi connectivity index (χ2n) is 4.00. The van der Waals surface area contributed by atoms with Gasteiger partial charge in [-0.05, 0) is 31.9 Å². The van der Waals surface area contributed by atoms with E-state index in [1.54, 1.807) is 18.8 Å². The van der Waals surface area contributed by atoms with Gasteiger partial charge < -0.3 is 10.1 Å². The summed E-state index contributed by atoms with van der Waals surface area (Å²) in [6.45, 7) is 3.88. The number of methoxy groups -OCH3 is 1. The van der Waals surface area contributed by atoms with Crippen LogP contribution in [0.3, 0.4) is 0 Å². The van der Waals surface area contributed by atoms with Gasteiger partial charge in [-0.2, -0.15) is 4.37 Å². The van der Waals surface area contributed by atoms with E-state index in [9.17, 15) is 4.79 Å². The maximum Gasteiger partial charge on any atom is 0.325 e. The number of nitrogens with zero attached hydrogens (tertiary/aromatic N) is 2. The van der Waals surface area contributed by atoms with E-state index in [1.165, 1.54) is 18.6 Å². The van der Waals surface area contributed by atoms with Crippen molar-refractivity contribution in [1.29, 1.82) is 0 Å². The average Bonchev–Trinajstić information content (AvgIpc) is 2.85. The lowest BCUT2D eigenvalue weighted by molar-refractivity contribution is -0.147. The summed E-state index contributed by atoms with van der Waals surface area (Å²) < 4.78 is 9.97. The molecule has 0 saturated carbocycles. The van der Waals surface area contributed by atoms with E-state index >= 15 is 0 Å². The van der Waals surface area contributed by atoms with Crippen LogP contribution in [0.2, 0.25) is 0 Å². The molecule has 1 atom stereocenters. The number of nitrogens with one attached hydrogen (secondary N) is 1. The molecule has 0 amide bonds. The Balaban J connectivity index is 2.46. The van der Waals surface area contributed by atoms with E-state index in [4.69, 9.17) is 4.74 Å². The van der Waals surface area contributed by atoms with Gasteiger partial charge >= 0.3 is 5.97 Å². The number of ether oxygens (including phenoxy) is 1. The third-order valence-electron chi connectivity index (χ3n) is 2.78. The van der Waals surface area contributed by atoms with E-state index < -0.39 is 5.54 Å². The monoisotopic (exact) mass is 289 g/mol. The molecule has 0 radical (unpaired) electrons. The minimum atomic E-state index is -0.639. The SMILES string of the molecule is CCc1nsc(SCCC(C)(NC)C(=O)OC)n1. The maximum atomic E-state index is 11.6. The number of rotatable bonds is 7. The van der Waals surface area contributed by atoms with Gasteiger partial charge in [0.05, 0.1) is 7.11 Å². The molecular weight excluding hydrogens is 270 g/mol. The van der Waals surface area contributed by atoms with Gasteiger partial charge in [-0.15, -0.1) is 0 Å². The summed E-state index contributed by atoms with van der Waals surface area (Å²) in [7, 11) is 3.17. The van der Waals surface area contributed by atoms with E-state index in [0.717, 1.165) is 22.3 Å². The van der Waals surface area contributed by atoms with Gasteiger partial charge in [-0.25, -0.2) is 4.98 Å². The lowest BCUT2D eigenvalue weighted by atomic mass is 10.00. The van der Waals surface area contributed by atoms with E-state index in [2.05, 4.69) is 14.7 Å². The van der Waals surface area contributed by atoms with Crippen LogP contribution >= 0.6 is 23.3 Å². The minimum Gasteiger partial charge on any atom is -0.468 e. The first-order chi connectivity index (χ1) is 8.55. The van der Waals surface area contributed by atoms with Crippen molar-refractivity contribution in [1.82, 2.24) is 14.7 Å². The van der Waals surface area contributed by atoms with Crippen molar-refractivity contribution in [3.8, 4) is 0 Å². The van der Waals surface area contributed by atoms with Gasteiger partial charge in [0.25, 0.3) is 0 Å². The Labute approximate surface area is 116 Å². The van der Waals surface area contributed by atoms with Crippen molar-refractivity contribution in [2.45, 2.75) is 36.6 Å². The summed E-state index contributed by atoms with van der Waals surface area (Å²) in [5.41, 5.74) is -0.639. The molecule has 0 spiro atoms. The summed E-state index contributed by atoms with van der Waals surface area (Å²) in [4.78, 5) is 16.0. The molecule has 0 saturated heterocycles. The molecule has 0 aromatic carbocycles. The Morgan fingerprint density at radius 3 is 2.83 bits per heavy atom. The Morgan fingerprint density at radius 1 is 1.61 bits per heavy atom. The van der Waals surface area contributed by atoms with E-state index in [-0.39, 0.29) is 5.97 Å². The number of likely N-dealkylation sites (N-methyl/N-ethyl adjacent to an activating group) is 1. The van der Waals surface area contributed by atoms with Gasteiger partial charge in [0.2, 0.25) is 0 Å². The van der Waals surface area contributed by atoms with Crippen molar-refractivity contribution >= 4 is 29.3 Å². The summed E-state index contributed by atoms with van der Waals surface area (Å²) in [6.07, 6.45) is 1.54. The smallest absolute Gasteiger partial charge is 0.325 e. The summed E-state index contributed by atoms with van der Waals surface area (Å²) >= 11 is 3.04. The molecule has 0 bridgehead atoms. The zero-order valence-corrected chi connectivity index (χ0v) is 12.8. The van der Waals surface area contributed by atoms with Gasteiger partial charge in [0, 0.05) is 12.2 Å². The molecule has 0 aliphatic carbocycles. The van der Waals surface area contributed by atoms with Crippen LogP contribution in [0.1, 0.15) is 26.1 Å². The van der Waals surface area contributed by atoms with Crippen molar-refractivity contribution in [2.24, 2.45) is 0 Å². The van der Waals surface area contributed by atoms with E-state index in [1.807, 2.05) is 13.8 Å². The fourth-order valence-electron chi connectivity index (χ4n) is 1.34. The number of hydrogen-bond acceptors (Lipinski definition) is 7. The molecular formula is C11H19N3O2S2. The summed E-state index contributed by atoms with van der Waals surface area (Å²) in [5, 5.41) is 3.01. The van der Waals surface area contributed by atoms with Crippen LogP contribution in [-0.4, -0.2) is 40.8 Å². The lowest BCUT2D eigenvalue weighted by Crippen LogP contribution is -2.48. The lowest BCUT2D eigenvalue weighted by Gasteiger charge is -2.25. The maximum absolute atomic E-state index is 11.6. The number of carbonyl (C=O) groups excluding carboxylic acids is 1. The van der Waals surface area contributed by atoms with Crippen molar-refractivity contribution < 1.29 is 9.53 Å². The number of aryl methyl sites for hydroxylation is 1. The molecule has 0 aliphatic heterocycles. The molecule has 7 heteroatoms. The zero-order chi connectivity index (χ0) is 13.6. The average molecular weight is 289 g/mol. The highest BCUT2D eigenvalue weighted by atomic mass is 32.2. The van der Waals surface area contributed by atoms with Gasteiger partial charge in [0.1, 0.15) is 11.4 Å². The predicted molar refractivity (Wildman–Crippen MR) is 74.1 cm³/mol. The summed E-state index contributed by atoms with van der Waals surface area (Å²) in [5.74, 6) is 1.44. The molecule has 102 valence electrons. The number of carbonyl (C=O) groups is 1. The highest BCUT2D eigenvalue weighted by molar-refractivity contribution is 8.00. The number of hydrogen-bond donors (Lipinski definition) is 1. The topological polar surface area (TPSA) is 64.1 Å². The Bertz CT molecular complexity index is 397. The number of esters is 1. The molecule has 0 fully saturated rings. The zero-order valence-electron chi connectivity index (χ0n) is 11.1.